The van der Waals surface area contributed by atoms with E-state index in [2.05, 4.69) is 32.6 Å². The van der Waals surface area contributed by atoms with Crippen molar-refractivity contribution < 1.29 is 4.79 Å². The van der Waals surface area contributed by atoms with Crippen LogP contribution >= 0.6 is 11.8 Å². The SMILES string of the molecule is O=C(CCc1ccccc1)Nc1nc(SCc2ccccc2)n[nH]1. The van der Waals surface area contributed by atoms with Crippen molar-refractivity contribution in [3.05, 3.63) is 71.8 Å². The lowest BCUT2D eigenvalue weighted by Gasteiger charge is -2.01. The van der Waals surface area contributed by atoms with Crippen molar-refractivity contribution in [2.45, 2.75) is 23.8 Å². The molecule has 2 N–H and O–H groups in total. The molecule has 3 aromatic rings. The van der Waals surface area contributed by atoms with Gasteiger partial charge in [-0.05, 0) is 17.5 Å². The average molecular weight is 338 g/mol. The number of hydrogen-bond donors (Lipinski definition) is 2. The number of aromatic amines is 1. The Morgan fingerprint density at radius 3 is 2.38 bits per heavy atom. The average Bonchev–Trinajstić information content (AvgIpc) is 3.07. The van der Waals surface area contributed by atoms with Crippen LogP contribution in [0.1, 0.15) is 17.5 Å². The van der Waals surface area contributed by atoms with Crippen LogP contribution in [0.25, 0.3) is 0 Å². The van der Waals surface area contributed by atoms with E-state index in [1.807, 2.05) is 48.5 Å². The predicted molar refractivity (Wildman–Crippen MR) is 95.8 cm³/mol. The number of carbonyl (C=O) groups excluding carboxylic acids is 1. The summed E-state index contributed by atoms with van der Waals surface area (Å²) >= 11 is 1.53. The summed E-state index contributed by atoms with van der Waals surface area (Å²) in [6, 6.07) is 20.1. The molecular weight excluding hydrogens is 320 g/mol. The second-order valence-electron chi connectivity index (χ2n) is 5.27. The fraction of sp³-hybridized carbons (Fsp3) is 0.167. The van der Waals surface area contributed by atoms with Crippen molar-refractivity contribution >= 4 is 23.6 Å². The minimum atomic E-state index is -0.0744. The predicted octanol–water partition coefficient (Wildman–Crippen LogP) is 3.67. The summed E-state index contributed by atoms with van der Waals surface area (Å²) in [5, 5.41) is 10.2. The first-order chi connectivity index (χ1) is 11.8. The smallest absolute Gasteiger partial charge is 0.227 e. The fourth-order valence-corrected chi connectivity index (χ4v) is 2.94. The zero-order valence-corrected chi connectivity index (χ0v) is 13.9. The molecular formula is C18H18N4OS. The molecule has 0 spiro atoms. The van der Waals surface area contributed by atoms with Crippen molar-refractivity contribution in [1.29, 1.82) is 0 Å². The van der Waals surface area contributed by atoms with Gasteiger partial charge in [-0.3, -0.25) is 10.1 Å². The standard InChI is InChI=1S/C18H18N4OS/c23-16(12-11-14-7-3-1-4-8-14)19-17-20-18(22-21-17)24-13-15-9-5-2-6-10-15/h1-10H,11-13H2,(H2,19,20,21,22,23). The van der Waals surface area contributed by atoms with E-state index in [0.29, 0.717) is 23.9 Å². The second kappa shape index (κ2) is 8.31. The van der Waals surface area contributed by atoms with Crippen LogP contribution in [0.3, 0.4) is 0 Å². The second-order valence-corrected chi connectivity index (χ2v) is 6.22. The molecule has 122 valence electrons. The lowest BCUT2D eigenvalue weighted by molar-refractivity contribution is -0.116. The summed E-state index contributed by atoms with van der Waals surface area (Å²) in [7, 11) is 0. The number of carbonyl (C=O) groups is 1. The number of nitrogens with zero attached hydrogens (tertiary/aromatic N) is 2. The van der Waals surface area contributed by atoms with Gasteiger partial charge in [0.1, 0.15) is 0 Å². The van der Waals surface area contributed by atoms with Crippen LogP contribution in [0.4, 0.5) is 5.95 Å². The molecule has 0 radical (unpaired) electrons. The van der Waals surface area contributed by atoms with Crippen molar-refractivity contribution in [3.8, 4) is 0 Å². The number of H-pyrrole nitrogens is 1. The number of aromatic nitrogens is 3. The Morgan fingerprint density at radius 2 is 1.67 bits per heavy atom. The summed E-state index contributed by atoms with van der Waals surface area (Å²) in [5.41, 5.74) is 2.35. The maximum absolute atomic E-state index is 12.0. The van der Waals surface area contributed by atoms with Gasteiger partial charge in [-0.25, -0.2) is 5.10 Å². The Kier molecular flexibility index (Phi) is 5.63. The van der Waals surface area contributed by atoms with Crippen LogP contribution in [0.2, 0.25) is 0 Å². The van der Waals surface area contributed by atoms with Gasteiger partial charge in [0.05, 0.1) is 0 Å². The Labute approximate surface area is 144 Å². The largest absolute Gasteiger partial charge is 0.295 e. The molecule has 2 aromatic carbocycles. The molecule has 1 amide bonds. The highest BCUT2D eigenvalue weighted by atomic mass is 32.2. The minimum absolute atomic E-state index is 0.0744. The number of anilines is 1. The van der Waals surface area contributed by atoms with E-state index in [1.165, 1.54) is 17.3 Å². The zero-order valence-electron chi connectivity index (χ0n) is 13.1. The van der Waals surface area contributed by atoms with E-state index in [4.69, 9.17) is 0 Å². The normalized spacial score (nSPS) is 10.5. The van der Waals surface area contributed by atoms with Crippen LogP contribution in [0.5, 0.6) is 0 Å². The highest BCUT2D eigenvalue weighted by Gasteiger charge is 2.08. The number of amides is 1. The van der Waals surface area contributed by atoms with Crippen LogP contribution in [0.15, 0.2) is 65.8 Å². The Morgan fingerprint density at radius 1 is 1.00 bits per heavy atom. The van der Waals surface area contributed by atoms with E-state index < -0.39 is 0 Å². The van der Waals surface area contributed by atoms with Crippen molar-refractivity contribution in [3.63, 3.8) is 0 Å². The molecule has 5 nitrogen and oxygen atoms in total. The third kappa shape index (κ3) is 4.96. The van der Waals surface area contributed by atoms with Gasteiger partial charge in [0.15, 0.2) is 0 Å². The van der Waals surface area contributed by atoms with Crippen molar-refractivity contribution in [1.82, 2.24) is 15.2 Å². The maximum atomic E-state index is 12.0. The molecule has 1 heterocycles. The first-order valence-corrected chi connectivity index (χ1v) is 8.71. The van der Waals surface area contributed by atoms with Gasteiger partial charge in [-0.1, -0.05) is 72.4 Å². The van der Waals surface area contributed by atoms with Crippen molar-refractivity contribution in [2.75, 3.05) is 5.32 Å². The molecule has 0 aliphatic rings. The molecule has 0 saturated carbocycles. The van der Waals surface area contributed by atoms with E-state index in [1.54, 1.807) is 0 Å². The van der Waals surface area contributed by atoms with Crippen LogP contribution in [0, 0.1) is 0 Å². The molecule has 0 aliphatic carbocycles. The summed E-state index contributed by atoms with van der Waals surface area (Å²) < 4.78 is 0. The molecule has 0 aliphatic heterocycles. The summed E-state index contributed by atoms with van der Waals surface area (Å²) in [5.74, 6) is 1.11. The highest BCUT2D eigenvalue weighted by molar-refractivity contribution is 7.98. The van der Waals surface area contributed by atoms with Crippen LogP contribution in [-0.4, -0.2) is 21.1 Å². The van der Waals surface area contributed by atoms with E-state index in [0.717, 1.165) is 11.3 Å². The molecule has 0 bridgehead atoms. The van der Waals surface area contributed by atoms with Gasteiger partial charge in [0, 0.05) is 12.2 Å². The number of rotatable bonds is 7. The quantitative estimate of drug-likeness (QED) is 0.645. The van der Waals surface area contributed by atoms with Crippen LogP contribution in [-0.2, 0) is 17.0 Å². The van der Waals surface area contributed by atoms with Gasteiger partial charge >= 0.3 is 0 Å². The number of benzene rings is 2. The van der Waals surface area contributed by atoms with E-state index >= 15 is 0 Å². The molecule has 0 fully saturated rings. The molecule has 1 aromatic heterocycles. The van der Waals surface area contributed by atoms with Gasteiger partial charge in [-0.15, -0.1) is 5.10 Å². The number of aryl methyl sites for hydroxylation is 1. The lowest BCUT2D eigenvalue weighted by Crippen LogP contribution is -2.13. The maximum Gasteiger partial charge on any atom is 0.227 e. The Hall–Kier alpha value is -2.60. The third-order valence-corrected chi connectivity index (χ3v) is 4.34. The molecule has 3 rings (SSSR count). The Balaban J connectivity index is 1.46. The van der Waals surface area contributed by atoms with Gasteiger partial charge < -0.3 is 0 Å². The summed E-state index contributed by atoms with van der Waals surface area (Å²) in [6.45, 7) is 0. The van der Waals surface area contributed by atoms with Crippen LogP contribution < -0.4 is 5.32 Å². The summed E-state index contributed by atoms with van der Waals surface area (Å²) in [4.78, 5) is 16.3. The van der Waals surface area contributed by atoms with Crippen molar-refractivity contribution in [2.24, 2.45) is 0 Å². The number of thioether (sulfide) groups is 1. The van der Waals surface area contributed by atoms with Gasteiger partial charge in [0.25, 0.3) is 0 Å². The number of nitrogens with one attached hydrogen (secondary N) is 2. The minimum Gasteiger partial charge on any atom is -0.295 e. The highest BCUT2D eigenvalue weighted by Crippen LogP contribution is 2.19. The third-order valence-electron chi connectivity index (χ3n) is 3.42. The van der Waals surface area contributed by atoms with E-state index in [9.17, 15) is 4.79 Å². The first kappa shape index (κ1) is 16.3. The lowest BCUT2D eigenvalue weighted by atomic mass is 10.1. The molecule has 0 unspecified atom stereocenters. The zero-order chi connectivity index (χ0) is 16.6. The summed E-state index contributed by atoms with van der Waals surface area (Å²) in [6.07, 6.45) is 1.12. The monoisotopic (exact) mass is 338 g/mol. The van der Waals surface area contributed by atoms with Gasteiger partial charge in [-0.2, -0.15) is 4.98 Å². The first-order valence-electron chi connectivity index (χ1n) is 7.72. The molecule has 24 heavy (non-hydrogen) atoms. The Bertz CT molecular complexity index is 774. The number of hydrogen-bond acceptors (Lipinski definition) is 4. The van der Waals surface area contributed by atoms with Gasteiger partial charge in [0.2, 0.25) is 17.0 Å². The topological polar surface area (TPSA) is 70.7 Å². The van der Waals surface area contributed by atoms with E-state index in [-0.39, 0.29) is 5.91 Å². The molecule has 0 atom stereocenters. The fourth-order valence-electron chi connectivity index (χ4n) is 2.19. The molecule has 0 saturated heterocycles. The molecule has 6 heteroatoms.